The summed E-state index contributed by atoms with van der Waals surface area (Å²) in [7, 11) is 2.10. The summed E-state index contributed by atoms with van der Waals surface area (Å²) in [5.41, 5.74) is 0. The Labute approximate surface area is 101 Å². The molecule has 94 valence electrons. The summed E-state index contributed by atoms with van der Waals surface area (Å²) >= 11 is 0. The number of rotatable bonds is 2. The molecule has 1 aliphatic carbocycles. The molecule has 2 nitrogen and oxygen atoms in total. The molecule has 0 amide bonds. The van der Waals surface area contributed by atoms with Crippen molar-refractivity contribution >= 4 is 0 Å². The van der Waals surface area contributed by atoms with Crippen molar-refractivity contribution in [2.24, 2.45) is 5.92 Å². The van der Waals surface area contributed by atoms with Gasteiger partial charge in [-0.15, -0.1) is 0 Å². The SMILES string of the molecule is CNC1CCN(C2CCCC(C)CC2)CC1. The molecule has 2 heteroatoms. The molecule has 2 fully saturated rings. The van der Waals surface area contributed by atoms with Crippen LogP contribution in [0.4, 0.5) is 0 Å². The molecule has 0 aromatic carbocycles. The van der Waals surface area contributed by atoms with E-state index in [-0.39, 0.29) is 0 Å². The fourth-order valence-electron chi connectivity index (χ4n) is 3.39. The molecule has 2 unspecified atom stereocenters. The zero-order chi connectivity index (χ0) is 11.4. The minimum Gasteiger partial charge on any atom is -0.317 e. The highest BCUT2D eigenvalue weighted by atomic mass is 15.2. The summed E-state index contributed by atoms with van der Waals surface area (Å²) in [6, 6.07) is 1.68. The van der Waals surface area contributed by atoms with Crippen LogP contribution in [0.3, 0.4) is 0 Å². The zero-order valence-electron chi connectivity index (χ0n) is 11.0. The van der Waals surface area contributed by atoms with Gasteiger partial charge in [0.05, 0.1) is 0 Å². The second-order valence-electron chi connectivity index (χ2n) is 5.87. The number of hydrogen-bond donors (Lipinski definition) is 1. The quantitative estimate of drug-likeness (QED) is 0.725. The highest BCUT2D eigenvalue weighted by molar-refractivity contribution is 4.82. The van der Waals surface area contributed by atoms with E-state index < -0.39 is 0 Å². The van der Waals surface area contributed by atoms with Crippen LogP contribution in [0.25, 0.3) is 0 Å². The number of nitrogens with zero attached hydrogens (tertiary/aromatic N) is 1. The van der Waals surface area contributed by atoms with E-state index in [4.69, 9.17) is 0 Å². The summed E-state index contributed by atoms with van der Waals surface area (Å²) in [6.07, 6.45) is 9.98. The van der Waals surface area contributed by atoms with Crippen LogP contribution < -0.4 is 5.32 Å². The van der Waals surface area contributed by atoms with Gasteiger partial charge < -0.3 is 10.2 Å². The van der Waals surface area contributed by atoms with Gasteiger partial charge in [-0.2, -0.15) is 0 Å². The van der Waals surface area contributed by atoms with Gasteiger partial charge in [-0.25, -0.2) is 0 Å². The molecule has 1 heterocycles. The van der Waals surface area contributed by atoms with Crippen molar-refractivity contribution in [3.05, 3.63) is 0 Å². The Kier molecular flexibility index (Phi) is 4.66. The van der Waals surface area contributed by atoms with Crippen molar-refractivity contribution in [1.29, 1.82) is 0 Å². The lowest BCUT2D eigenvalue weighted by Crippen LogP contribution is -2.45. The van der Waals surface area contributed by atoms with Crippen LogP contribution in [-0.4, -0.2) is 37.1 Å². The lowest BCUT2D eigenvalue weighted by atomic mass is 9.99. The Hall–Kier alpha value is -0.0800. The second-order valence-corrected chi connectivity index (χ2v) is 5.87. The van der Waals surface area contributed by atoms with Crippen molar-refractivity contribution in [2.45, 2.75) is 64.0 Å². The van der Waals surface area contributed by atoms with Gasteiger partial charge in [0, 0.05) is 12.1 Å². The largest absolute Gasteiger partial charge is 0.317 e. The number of nitrogens with one attached hydrogen (secondary N) is 1. The maximum atomic E-state index is 3.42. The van der Waals surface area contributed by atoms with Gasteiger partial charge in [0.15, 0.2) is 0 Å². The molecule has 2 aliphatic rings. The Bertz CT molecular complexity index is 197. The molecule has 1 aliphatic heterocycles. The van der Waals surface area contributed by atoms with Gasteiger partial charge in [0.2, 0.25) is 0 Å². The van der Waals surface area contributed by atoms with Crippen LogP contribution in [-0.2, 0) is 0 Å². The first kappa shape index (κ1) is 12.4. The van der Waals surface area contributed by atoms with Gasteiger partial charge in [-0.05, 0) is 58.2 Å². The Morgan fingerprint density at radius 2 is 1.69 bits per heavy atom. The number of likely N-dealkylation sites (tertiary alicyclic amines) is 1. The van der Waals surface area contributed by atoms with E-state index in [1.807, 2.05) is 0 Å². The third-order valence-electron chi connectivity index (χ3n) is 4.68. The molecule has 2 atom stereocenters. The summed E-state index contributed by atoms with van der Waals surface area (Å²) in [6.45, 7) is 5.07. The fraction of sp³-hybridized carbons (Fsp3) is 1.00. The lowest BCUT2D eigenvalue weighted by Gasteiger charge is -2.37. The van der Waals surface area contributed by atoms with Crippen molar-refractivity contribution in [1.82, 2.24) is 10.2 Å². The summed E-state index contributed by atoms with van der Waals surface area (Å²) < 4.78 is 0. The third-order valence-corrected chi connectivity index (χ3v) is 4.68. The monoisotopic (exact) mass is 224 g/mol. The Morgan fingerprint density at radius 1 is 0.938 bits per heavy atom. The molecular formula is C14H28N2. The minimum absolute atomic E-state index is 0.779. The summed E-state index contributed by atoms with van der Waals surface area (Å²) in [5, 5.41) is 3.42. The molecule has 0 aromatic heterocycles. The van der Waals surface area contributed by atoms with E-state index in [0.717, 1.165) is 18.0 Å². The van der Waals surface area contributed by atoms with E-state index in [0.29, 0.717) is 0 Å². The molecule has 1 N–H and O–H groups in total. The zero-order valence-corrected chi connectivity index (χ0v) is 11.0. The second kappa shape index (κ2) is 6.02. The van der Waals surface area contributed by atoms with Crippen molar-refractivity contribution in [3.63, 3.8) is 0 Å². The van der Waals surface area contributed by atoms with Crippen molar-refractivity contribution < 1.29 is 0 Å². The molecule has 1 saturated carbocycles. The summed E-state index contributed by atoms with van der Waals surface area (Å²) in [4.78, 5) is 2.77. The number of piperidine rings is 1. The van der Waals surface area contributed by atoms with Gasteiger partial charge >= 0.3 is 0 Å². The van der Waals surface area contributed by atoms with Crippen LogP contribution in [0.15, 0.2) is 0 Å². The topological polar surface area (TPSA) is 15.3 Å². The smallest absolute Gasteiger partial charge is 0.00953 e. The molecule has 0 radical (unpaired) electrons. The first-order valence-electron chi connectivity index (χ1n) is 7.21. The molecular weight excluding hydrogens is 196 g/mol. The van der Waals surface area contributed by atoms with Crippen LogP contribution >= 0.6 is 0 Å². The average molecular weight is 224 g/mol. The third kappa shape index (κ3) is 3.21. The molecule has 0 aromatic rings. The Morgan fingerprint density at radius 3 is 2.38 bits per heavy atom. The fourth-order valence-corrected chi connectivity index (χ4v) is 3.39. The first-order valence-corrected chi connectivity index (χ1v) is 7.21. The predicted molar refractivity (Wildman–Crippen MR) is 69.7 cm³/mol. The highest BCUT2D eigenvalue weighted by Crippen LogP contribution is 2.27. The predicted octanol–water partition coefficient (Wildman–Crippen LogP) is 2.64. The van der Waals surface area contributed by atoms with Gasteiger partial charge in [-0.1, -0.05) is 19.8 Å². The molecule has 16 heavy (non-hydrogen) atoms. The first-order chi connectivity index (χ1) is 7.79. The minimum atomic E-state index is 0.779. The van der Waals surface area contributed by atoms with E-state index >= 15 is 0 Å². The van der Waals surface area contributed by atoms with Crippen molar-refractivity contribution in [2.75, 3.05) is 20.1 Å². The normalized spacial score (nSPS) is 34.9. The van der Waals surface area contributed by atoms with Gasteiger partial charge in [0.25, 0.3) is 0 Å². The van der Waals surface area contributed by atoms with Crippen LogP contribution in [0.2, 0.25) is 0 Å². The van der Waals surface area contributed by atoms with Crippen molar-refractivity contribution in [3.8, 4) is 0 Å². The summed E-state index contributed by atoms with van der Waals surface area (Å²) in [5.74, 6) is 0.972. The Balaban J connectivity index is 1.79. The molecule has 0 bridgehead atoms. The number of hydrogen-bond acceptors (Lipinski definition) is 2. The van der Waals surface area contributed by atoms with Gasteiger partial charge in [0.1, 0.15) is 0 Å². The van der Waals surface area contributed by atoms with E-state index in [9.17, 15) is 0 Å². The molecule has 2 rings (SSSR count). The molecule has 0 spiro atoms. The standard InChI is InChI=1S/C14H28N2/c1-12-4-3-5-14(7-6-12)16-10-8-13(15-2)9-11-16/h12-15H,3-11H2,1-2H3. The highest BCUT2D eigenvalue weighted by Gasteiger charge is 2.25. The van der Waals surface area contributed by atoms with E-state index in [1.165, 1.54) is 58.0 Å². The lowest BCUT2D eigenvalue weighted by molar-refractivity contribution is 0.133. The maximum Gasteiger partial charge on any atom is 0.00953 e. The van der Waals surface area contributed by atoms with E-state index in [1.54, 1.807) is 0 Å². The van der Waals surface area contributed by atoms with Gasteiger partial charge in [-0.3, -0.25) is 0 Å². The van der Waals surface area contributed by atoms with Crippen LogP contribution in [0.1, 0.15) is 51.9 Å². The van der Waals surface area contributed by atoms with Crippen LogP contribution in [0, 0.1) is 5.92 Å². The molecule has 1 saturated heterocycles. The maximum absolute atomic E-state index is 3.42. The average Bonchev–Trinajstić information content (AvgIpc) is 2.54. The van der Waals surface area contributed by atoms with Crippen LogP contribution in [0.5, 0.6) is 0 Å². The van der Waals surface area contributed by atoms with E-state index in [2.05, 4.69) is 24.2 Å².